The van der Waals surface area contributed by atoms with Crippen molar-refractivity contribution >= 4 is 33.5 Å². The van der Waals surface area contributed by atoms with Gasteiger partial charge in [-0.25, -0.2) is 8.42 Å². The maximum absolute atomic E-state index is 13.1. The first-order chi connectivity index (χ1) is 16.1. The predicted octanol–water partition coefficient (Wildman–Crippen LogP) is 0.558. The number of β-amino-alcohol motifs (C(OH)–C–C–N with tert-alkyl or cyclic N) is 1. The van der Waals surface area contributed by atoms with Crippen LogP contribution >= 0.6 is 0 Å². The summed E-state index contributed by atoms with van der Waals surface area (Å²) < 4.78 is 32.0. The molecule has 0 bridgehead atoms. The van der Waals surface area contributed by atoms with Gasteiger partial charge in [-0.1, -0.05) is 24.3 Å². The van der Waals surface area contributed by atoms with Crippen molar-refractivity contribution in [2.24, 2.45) is 0 Å². The van der Waals surface area contributed by atoms with Gasteiger partial charge >= 0.3 is 5.97 Å². The summed E-state index contributed by atoms with van der Waals surface area (Å²) in [4.78, 5) is 48.2. The number of nitro benzene ring substituents is 1. The van der Waals surface area contributed by atoms with E-state index in [4.69, 9.17) is 4.74 Å². The summed E-state index contributed by atoms with van der Waals surface area (Å²) >= 11 is 0. The second-order valence-electron chi connectivity index (χ2n) is 7.68. The molecule has 2 aromatic carbocycles. The zero-order valence-electron chi connectivity index (χ0n) is 17.6. The van der Waals surface area contributed by atoms with Crippen LogP contribution in [0.25, 0.3) is 0 Å². The summed E-state index contributed by atoms with van der Waals surface area (Å²) in [5.41, 5.74) is -0.194. The highest BCUT2D eigenvalue weighted by Gasteiger charge is 2.46. The Hall–Kier alpha value is -3.68. The average Bonchev–Trinajstić information content (AvgIpc) is 3.33. The van der Waals surface area contributed by atoms with Gasteiger partial charge in [0.1, 0.15) is 12.6 Å². The molecule has 0 saturated carbocycles. The third-order valence-electron chi connectivity index (χ3n) is 5.59. The second kappa shape index (κ2) is 8.93. The molecular weight excluding hydrogens is 470 g/mol. The normalized spacial score (nSPS) is 20.4. The highest BCUT2D eigenvalue weighted by molar-refractivity contribution is 7.89. The molecule has 0 aromatic heterocycles. The second-order valence-corrected chi connectivity index (χ2v) is 9.54. The molecule has 13 heteroatoms. The molecule has 4 rings (SSSR count). The van der Waals surface area contributed by atoms with Crippen LogP contribution in [0.5, 0.6) is 0 Å². The van der Waals surface area contributed by atoms with Crippen molar-refractivity contribution in [3.8, 4) is 0 Å². The van der Waals surface area contributed by atoms with E-state index in [2.05, 4.69) is 0 Å². The molecule has 2 atom stereocenters. The first-order valence-corrected chi connectivity index (χ1v) is 11.6. The Kier molecular flexibility index (Phi) is 6.17. The van der Waals surface area contributed by atoms with Crippen LogP contribution in [-0.4, -0.2) is 77.3 Å². The van der Waals surface area contributed by atoms with Crippen LogP contribution in [0.4, 0.5) is 5.69 Å². The minimum Gasteiger partial charge on any atom is -0.463 e. The molecule has 1 N–H and O–H groups in total. The monoisotopic (exact) mass is 489 g/mol. The molecule has 1 saturated heterocycles. The minimum absolute atomic E-state index is 0.236. The van der Waals surface area contributed by atoms with Gasteiger partial charge in [-0.15, -0.1) is 0 Å². The zero-order valence-corrected chi connectivity index (χ0v) is 18.4. The van der Waals surface area contributed by atoms with Crippen LogP contribution in [0, 0.1) is 10.1 Å². The minimum atomic E-state index is -4.52. The molecule has 0 radical (unpaired) electrons. The van der Waals surface area contributed by atoms with Crippen LogP contribution in [-0.2, 0) is 19.6 Å². The van der Waals surface area contributed by atoms with E-state index >= 15 is 0 Å². The Morgan fingerprint density at radius 2 is 1.68 bits per heavy atom. The summed E-state index contributed by atoms with van der Waals surface area (Å²) in [5.74, 6) is -2.07. The van der Waals surface area contributed by atoms with Gasteiger partial charge in [-0.2, -0.15) is 4.31 Å². The Morgan fingerprint density at radius 3 is 2.29 bits per heavy atom. The number of nitro groups is 1. The van der Waals surface area contributed by atoms with Gasteiger partial charge in [0, 0.05) is 19.0 Å². The van der Waals surface area contributed by atoms with E-state index in [0.29, 0.717) is 4.31 Å². The van der Waals surface area contributed by atoms with E-state index in [9.17, 15) is 38.0 Å². The number of nitrogens with zero attached hydrogens (tertiary/aromatic N) is 3. The number of aliphatic hydroxyl groups excluding tert-OH is 1. The van der Waals surface area contributed by atoms with Crippen LogP contribution in [0.15, 0.2) is 53.4 Å². The molecule has 0 aliphatic carbocycles. The van der Waals surface area contributed by atoms with Crippen LogP contribution in [0.1, 0.15) is 27.1 Å². The molecule has 34 heavy (non-hydrogen) atoms. The standard InChI is InChI=1S/C21H19N3O9S/c25-13-11-17(23(12-13)34(31,32)18-8-4-3-7-16(18)24(29)30)21(28)33-10-9-22-19(26)14-5-1-2-6-15(14)20(22)27/h1-8,13,17,25H,9-12H2/t13-,17+/m0/s1. The number of ether oxygens (including phenoxy) is 1. The van der Waals surface area contributed by atoms with E-state index in [1.165, 1.54) is 24.3 Å². The molecule has 2 aliphatic heterocycles. The molecule has 0 spiro atoms. The molecule has 2 heterocycles. The Labute approximate surface area is 193 Å². The van der Waals surface area contributed by atoms with E-state index in [0.717, 1.165) is 17.0 Å². The third kappa shape index (κ3) is 4.04. The van der Waals surface area contributed by atoms with Crippen molar-refractivity contribution in [1.29, 1.82) is 0 Å². The molecule has 1 fully saturated rings. The maximum atomic E-state index is 13.1. The first kappa shape index (κ1) is 23.5. The Bertz CT molecular complexity index is 1260. The number of carbonyl (C=O) groups excluding carboxylic acids is 3. The van der Waals surface area contributed by atoms with Crippen molar-refractivity contribution in [2.75, 3.05) is 19.7 Å². The fraction of sp³-hybridized carbons (Fsp3) is 0.286. The zero-order chi connectivity index (χ0) is 24.6. The van der Waals surface area contributed by atoms with E-state index in [1.54, 1.807) is 12.1 Å². The fourth-order valence-corrected chi connectivity index (χ4v) is 5.78. The summed E-state index contributed by atoms with van der Waals surface area (Å²) in [7, 11) is -4.52. The number of sulfonamides is 1. The van der Waals surface area contributed by atoms with Crippen molar-refractivity contribution in [1.82, 2.24) is 9.21 Å². The van der Waals surface area contributed by atoms with Gasteiger partial charge < -0.3 is 9.84 Å². The number of fused-ring (bicyclic) bond motifs is 1. The number of amides is 2. The lowest BCUT2D eigenvalue weighted by molar-refractivity contribution is -0.387. The number of hydrogen-bond acceptors (Lipinski definition) is 9. The molecule has 2 aromatic rings. The Morgan fingerprint density at radius 1 is 1.09 bits per heavy atom. The lowest BCUT2D eigenvalue weighted by atomic mass is 10.1. The summed E-state index contributed by atoms with van der Waals surface area (Å²) in [6, 6.07) is 9.50. The van der Waals surface area contributed by atoms with Crippen molar-refractivity contribution in [3.05, 3.63) is 69.8 Å². The number of benzene rings is 2. The fourth-order valence-electron chi connectivity index (χ4n) is 3.99. The van der Waals surface area contributed by atoms with Crippen molar-refractivity contribution in [3.63, 3.8) is 0 Å². The Balaban J connectivity index is 1.46. The number of para-hydroxylation sites is 1. The number of rotatable bonds is 7. The van der Waals surface area contributed by atoms with Gasteiger partial charge in [0.25, 0.3) is 27.5 Å². The highest BCUT2D eigenvalue weighted by Crippen LogP contribution is 2.32. The van der Waals surface area contributed by atoms with E-state index in [-0.39, 0.29) is 24.1 Å². The highest BCUT2D eigenvalue weighted by atomic mass is 32.2. The molecular formula is C21H19N3O9S. The number of imide groups is 1. The molecule has 2 amide bonds. The topological polar surface area (TPSA) is 164 Å². The smallest absolute Gasteiger partial charge is 0.324 e. The van der Waals surface area contributed by atoms with E-state index < -0.39 is 68.6 Å². The SMILES string of the molecule is O=C(OCCN1C(=O)c2ccccc2C1=O)[C@H]1C[C@H](O)CN1S(=O)(=O)c1ccccc1[N+](=O)[O-]. The van der Waals surface area contributed by atoms with Gasteiger partial charge in [0.15, 0.2) is 4.90 Å². The lowest BCUT2D eigenvalue weighted by Crippen LogP contribution is -2.42. The first-order valence-electron chi connectivity index (χ1n) is 10.2. The summed E-state index contributed by atoms with van der Waals surface area (Å²) in [6.45, 7) is -1.09. The largest absolute Gasteiger partial charge is 0.463 e. The number of carbonyl (C=O) groups is 3. The molecule has 0 unspecified atom stereocenters. The quantitative estimate of drug-likeness (QED) is 0.253. The number of hydrogen-bond donors (Lipinski definition) is 1. The van der Waals surface area contributed by atoms with E-state index in [1.807, 2.05) is 0 Å². The lowest BCUT2D eigenvalue weighted by Gasteiger charge is -2.22. The summed E-state index contributed by atoms with van der Waals surface area (Å²) in [6.07, 6.45) is -1.46. The number of esters is 1. The van der Waals surface area contributed by atoms with Crippen LogP contribution in [0.3, 0.4) is 0 Å². The van der Waals surface area contributed by atoms with Crippen LogP contribution in [0.2, 0.25) is 0 Å². The van der Waals surface area contributed by atoms with Gasteiger partial charge in [-0.05, 0) is 18.2 Å². The maximum Gasteiger partial charge on any atom is 0.324 e. The predicted molar refractivity (Wildman–Crippen MR) is 114 cm³/mol. The molecule has 178 valence electrons. The molecule has 2 aliphatic rings. The molecule has 12 nitrogen and oxygen atoms in total. The van der Waals surface area contributed by atoms with Gasteiger partial charge in [0.05, 0.1) is 28.7 Å². The summed E-state index contributed by atoms with van der Waals surface area (Å²) in [5, 5.41) is 21.3. The van der Waals surface area contributed by atoms with Gasteiger partial charge in [0.2, 0.25) is 0 Å². The van der Waals surface area contributed by atoms with Crippen LogP contribution < -0.4 is 0 Å². The average molecular weight is 489 g/mol. The van der Waals surface area contributed by atoms with Crippen molar-refractivity contribution in [2.45, 2.75) is 23.5 Å². The third-order valence-corrected chi connectivity index (χ3v) is 7.51. The number of aliphatic hydroxyl groups is 1. The van der Waals surface area contributed by atoms with Crippen molar-refractivity contribution < 1.29 is 37.6 Å². The van der Waals surface area contributed by atoms with Gasteiger partial charge in [-0.3, -0.25) is 29.4 Å².